The average Bonchev–Trinajstić information content (AvgIpc) is 2.50. The van der Waals surface area contributed by atoms with Crippen molar-refractivity contribution in [3.8, 4) is 0 Å². The zero-order valence-corrected chi connectivity index (χ0v) is 9.27. The third-order valence-electron chi connectivity index (χ3n) is 2.22. The van der Waals surface area contributed by atoms with E-state index in [0.717, 1.165) is 15.6 Å². The average molecular weight is 224 g/mol. The summed E-state index contributed by atoms with van der Waals surface area (Å²) in [6, 6.07) is 3.95. The fourth-order valence-corrected chi connectivity index (χ4v) is 2.99. The molecule has 0 aliphatic rings. The van der Waals surface area contributed by atoms with Crippen LogP contribution < -0.4 is 5.46 Å². The maximum Gasteiger partial charge on any atom is 0.489 e. The van der Waals surface area contributed by atoms with Crippen molar-refractivity contribution in [3.05, 3.63) is 23.1 Å². The Hall–Kier alpha value is -0.485. The molecule has 0 radical (unpaired) electrons. The molecule has 0 amide bonds. The summed E-state index contributed by atoms with van der Waals surface area (Å²) >= 11 is 5.89. The van der Waals surface area contributed by atoms with Gasteiger partial charge in [0.25, 0.3) is 0 Å². The predicted octanol–water partition coefficient (Wildman–Crippen LogP) is 1.18. The van der Waals surface area contributed by atoms with Crippen LogP contribution in [-0.2, 0) is 0 Å². The zero-order chi connectivity index (χ0) is 10.3. The molecule has 5 heteroatoms. The Labute approximate surface area is 91.8 Å². The van der Waals surface area contributed by atoms with Gasteiger partial charge in [0.15, 0.2) is 0 Å². The largest absolute Gasteiger partial charge is 0.489 e. The minimum atomic E-state index is -1.45. The van der Waals surface area contributed by atoms with E-state index in [0.29, 0.717) is 10.4 Å². The van der Waals surface area contributed by atoms with Crippen LogP contribution >= 0.6 is 24.0 Å². The van der Waals surface area contributed by atoms with E-state index in [1.807, 2.05) is 24.4 Å². The standard InChI is InChI=1S/C9H9BO2S2/c1-5-4-6-2-3-14-9(6)8(13)7(5)10(11)12/h2-4,11-13H,1H3. The molecule has 14 heavy (non-hydrogen) atoms. The molecule has 0 fully saturated rings. The molecule has 2 N–H and O–H groups in total. The molecule has 0 aliphatic heterocycles. The summed E-state index contributed by atoms with van der Waals surface area (Å²) in [5.74, 6) is 0. The van der Waals surface area contributed by atoms with Crippen LogP contribution in [0.1, 0.15) is 5.56 Å². The second kappa shape index (κ2) is 3.58. The highest BCUT2D eigenvalue weighted by atomic mass is 32.1. The van der Waals surface area contributed by atoms with Crippen LogP contribution in [0.4, 0.5) is 0 Å². The number of hydrogen-bond donors (Lipinski definition) is 3. The van der Waals surface area contributed by atoms with E-state index in [1.165, 1.54) is 0 Å². The second-order valence-corrected chi connectivity index (χ2v) is 4.53. The van der Waals surface area contributed by atoms with Gasteiger partial charge in [-0.2, -0.15) is 0 Å². The van der Waals surface area contributed by atoms with Gasteiger partial charge in [-0.3, -0.25) is 0 Å². The van der Waals surface area contributed by atoms with Crippen molar-refractivity contribution in [2.45, 2.75) is 11.8 Å². The molecule has 1 heterocycles. The van der Waals surface area contributed by atoms with Crippen LogP contribution in [0.3, 0.4) is 0 Å². The number of benzene rings is 1. The third-order valence-corrected chi connectivity index (χ3v) is 3.78. The molecular formula is C9H9BO2S2. The van der Waals surface area contributed by atoms with Crippen molar-refractivity contribution >= 4 is 46.6 Å². The van der Waals surface area contributed by atoms with Crippen molar-refractivity contribution in [1.82, 2.24) is 0 Å². The van der Waals surface area contributed by atoms with E-state index in [4.69, 9.17) is 0 Å². The van der Waals surface area contributed by atoms with E-state index >= 15 is 0 Å². The van der Waals surface area contributed by atoms with Crippen molar-refractivity contribution in [1.29, 1.82) is 0 Å². The minimum Gasteiger partial charge on any atom is -0.423 e. The third kappa shape index (κ3) is 1.46. The van der Waals surface area contributed by atoms with Crippen molar-refractivity contribution in [2.75, 3.05) is 0 Å². The maximum atomic E-state index is 9.19. The quantitative estimate of drug-likeness (QED) is 0.502. The van der Waals surface area contributed by atoms with Gasteiger partial charge in [-0.25, -0.2) is 0 Å². The van der Waals surface area contributed by atoms with Crippen molar-refractivity contribution < 1.29 is 10.0 Å². The first-order valence-corrected chi connectivity index (χ1v) is 5.49. The molecule has 2 nitrogen and oxygen atoms in total. The Kier molecular flexibility index (Phi) is 2.57. The first-order valence-electron chi connectivity index (χ1n) is 4.17. The maximum absolute atomic E-state index is 9.19. The van der Waals surface area contributed by atoms with E-state index in [1.54, 1.807) is 11.3 Å². The lowest BCUT2D eigenvalue weighted by Gasteiger charge is -2.08. The lowest BCUT2D eigenvalue weighted by Crippen LogP contribution is -2.33. The monoisotopic (exact) mass is 224 g/mol. The Morgan fingerprint density at radius 1 is 1.43 bits per heavy atom. The molecule has 0 saturated carbocycles. The number of thiol groups is 1. The van der Waals surface area contributed by atoms with Crippen LogP contribution in [-0.4, -0.2) is 17.2 Å². The molecule has 0 unspecified atom stereocenters. The van der Waals surface area contributed by atoms with Crippen LogP contribution in [0.15, 0.2) is 22.4 Å². The normalized spacial score (nSPS) is 10.9. The number of rotatable bonds is 1. The molecule has 0 saturated heterocycles. The Morgan fingerprint density at radius 3 is 2.79 bits per heavy atom. The lowest BCUT2D eigenvalue weighted by molar-refractivity contribution is 0.425. The molecule has 2 aromatic rings. The smallest absolute Gasteiger partial charge is 0.423 e. The number of hydrogen-bond acceptors (Lipinski definition) is 4. The van der Waals surface area contributed by atoms with Crippen molar-refractivity contribution in [3.63, 3.8) is 0 Å². The fourth-order valence-electron chi connectivity index (χ4n) is 1.57. The fraction of sp³-hybridized carbons (Fsp3) is 0.111. The van der Waals surface area contributed by atoms with Crippen LogP contribution in [0.2, 0.25) is 0 Å². The summed E-state index contributed by atoms with van der Waals surface area (Å²) < 4.78 is 1.00. The summed E-state index contributed by atoms with van der Waals surface area (Å²) in [5, 5.41) is 21.5. The highest BCUT2D eigenvalue weighted by Crippen LogP contribution is 2.27. The van der Waals surface area contributed by atoms with Gasteiger partial charge in [0.05, 0.1) is 0 Å². The molecular weight excluding hydrogens is 215 g/mol. The first-order chi connectivity index (χ1) is 6.61. The van der Waals surface area contributed by atoms with Gasteiger partial charge in [-0.15, -0.1) is 24.0 Å². The molecule has 0 bridgehead atoms. The molecule has 0 atom stereocenters. The SMILES string of the molecule is Cc1cc2ccsc2c(S)c1B(O)O. The summed E-state index contributed by atoms with van der Waals surface area (Å²) in [6.07, 6.45) is 0. The Balaban J connectivity index is 2.82. The minimum absolute atomic E-state index is 0.503. The Bertz CT molecular complexity index is 479. The molecule has 72 valence electrons. The summed E-state index contributed by atoms with van der Waals surface area (Å²) in [5.41, 5.74) is 1.36. The van der Waals surface area contributed by atoms with E-state index in [-0.39, 0.29) is 0 Å². The van der Waals surface area contributed by atoms with Gasteiger partial charge in [0, 0.05) is 9.60 Å². The number of aryl methyl sites for hydroxylation is 1. The van der Waals surface area contributed by atoms with Crippen molar-refractivity contribution in [2.24, 2.45) is 0 Å². The highest BCUT2D eigenvalue weighted by Gasteiger charge is 2.19. The van der Waals surface area contributed by atoms with Crippen LogP contribution in [0.25, 0.3) is 10.1 Å². The van der Waals surface area contributed by atoms with Crippen LogP contribution in [0.5, 0.6) is 0 Å². The molecule has 0 spiro atoms. The van der Waals surface area contributed by atoms with Gasteiger partial charge in [-0.1, -0.05) is 6.07 Å². The topological polar surface area (TPSA) is 40.5 Å². The van der Waals surface area contributed by atoms with Gasteiger partial charge in [0.2, 0.25) is 0 Å². The number of thiophene rings is 1. The highest BCUT2D eigenvalue weighted by molar-refractivity contribution is 7.81. The molecule has 1 aromatic carbocycles. The zero-order valence-electron chi connectivity index (χ0n) is 7.56. The van der Waals surface area contributed by atoms with Crippen LogP contribution in [0, 0.1) is 6.92 Å². The molecule has 2 rings (SSSR count). The van der Waals surface area contributed by atoms with E-state index in [2.05, 4.69) is 12.6 Å². The first kappa shape index (κ1) is 10.0. The van der Waals surface area contributed by atoms with E-state index in [9.17, 15) is 10.0 Å². The lowest BCUT2D eigenvalue weighted by atomic mass is 9.77. The molecule has 1 aromatic heterocycles. The van der Waals surface area contributed by atoms with E-state index < -0.39 is 7.12 Å². The van der Waals surface area contributed by atoms with Gasteiger partial charge in [-0.05, 0) is 34.8 Å². The predicted molar refractivity (Wildman–Crippen MR) is 63.6 cm³/mol. The van der Waals surface area contributed by atoms with Gasteiger partial charge >= 0.3 is 7.12 Å². The van der Waals surface area contributed by atoms with Gasteiger partial charge in [0.1, 0.15) is 0 Å². The summed E-state index contributed by atoms with van der Waals surface area (Å²) in [6.45, 7) is 1.85. The van der Waals surface area contributed by atoms with Gasteiger partial charge < -0.3 is 10.0 Å². The summed E-state index contributed by atoms with van der Waals surface area (Å²) in [4.78, 5) is 0.671. The Morgan fingerprint density at radius 2 is 2.14 bits per heavy atom. The molecule has 0 aliphatic carbocycles. The summed E-state index contributed by atoms with van der Waals surface area (Å²) in [7, 11) is -1.45. The second-order valence-electron chi connectivity index (χ2n) is 3.17. The number of fused-ring (bicyclic) bond motifs is 1.